The zero-order chi connectivity index (χ0) is 13.2. The van der Waals surface area contributed by atoms with Gasteiger partial charge in [-0.1, -0.05) is 36.5 Å². The lowest BCUT2D eigenvalue weighted by Crippen LogP contribution is -2.31. The van der Waals surface area contributed by atoms with Gasteiger partial charge in [-0.3, -0.25) is 10.1 Å². The first-order chi connectivity index (χ1) is 9.26. The van der Waals surface area contributed by atoms with Gasteiger partial charge in [-0.2, -0.15) is 0 Å². The van der Waals surface area contributed by atoms with Gasteiger partial charge in [0.15, 0.2) is 6.10 Å². The highest BCUT2D eigenvalue weighted by Gasteiger charge is 2.29. The van der Waals surface area contributed by atoms with Gasteiger partial charge >= 0.3 is 0 Å². The third-order valence-corrected chi connectivity index (χ3v) is 3.92. The average Bonchev–Trinajstić information content (AvgIpc) is 3.04. The standard InChI is InChI=1S/C13H13N3O2S/c1-2-11-15-16-13(19-11)14-12(17)10-7-8-5-3-4-6-9(8)18-10/h3-6,10H,2,7H2,1H3,(H,14,16,17)/t10-/m0/s1. The smallest absolute Gasteiger partial charge is 0.267 e. The molecule has 5 nitrogen and oxygen atoms in total. The topological polar surface area (TPSA) is 64.1 Å². The molecule has 1 aliphatic rings. The molecule has 0 spiro atoms. The fourth-order valence-electron chi connectivity index (χ4n) is 1.96. The number of aryl methyl sites for hydroxylation is 1. The number of anilines is 1. The Labute approximate surface area is 114 Å². The van der Waals surface area contributed by atoms with E-state index in [-0.39, 0.29) is 5.91 Å². The lowest BCUT2D eigenvalue weighted by Gasteiger charge is -2.08. The minimum absolute atomic E-state index is 0.171. The third kappa shape index (κ3) is 2.44. The Morgan fingerprint density at radius 2 is 2.32 bits per heavy atom. The molecule has 0 saturated carbocycles. The number of carbonyl (C=O) groups is 1. The molecule has 0 fully saturated rings. The van der Waals surface area contributed by atoms with Gasteiger partial charge in [0.05, 0.1) is 0 Å². The van der Waals surface area contributed by atoms with Gasteiger partial charge in [-0.05, 0) is 18.1 Å². The zero-order valence-electron chi connectivity index (χ0n) is 10.4. The molecule has 1 aromatic heterocycles. The maximum atomic E-state index is 12.1. The first-order valence-electron chi connectivity index (χ1n) is 6.14. The second-order valence-corrected chi connectivity index (χ2v) is 5.32. The summed E-state index contributed by atoms with van der Waals surface area (Å²) in [7, 11) is 0. The number of aromatic nitrogens is 2. The minimum atomic E-state index is -0.480. The number of ether oxygens (including phenoxy) is 1. The van der Waals surface area contributed by atoms with Crippen LogP contribution < -0.4 is 10.1 Å². The highest BCUT2D eigenvalue weighted by molar-refractivity contribution is 7.15. The highest BCUT2D eigenvalue weighted by atomic mass is 32.1. The van der Waals surface area contributed by atoms with Crippen LogP contribution in [0.4, 0.5) is 5.13 Å². The van der Waals surface area contributed by atoms with Gasteiger partial charge in [-0.25, -0.2) is 0 Å². The zero-order valence-corrected chi connectivity index (χ0v) is 11.2. The van der Waals surface area contributed by atoms with Crippen LogP contribution in [0.5, 0.6) is 5.75 Å². The summed E-state index contributed by atoms with van der Waals surface area (Å²) in [5.41, 5.74) is 1.06. The van der Waals surface area contributed by atoms with Crippen molar-refractivity contribution < 1.29 is 9.53 Å². The van der Waals surface area contributed by atoms with E-state index in [2.05, 4.69) is 15.5 Å². The number of rotatable bonds is 3. The maximum absolute atomic E-state index is 12.1. The first kappa shape index (κ1) is 12.1. The molecule has 98 valence electrons. The van der Waals surface area contributed by atoms with E-state index in [0.29, 0.717) is 11.6 Å². The molecular formula is C13H13N3O2S. The number of hydrogen-bond donors (Lipinski definition) is 1. The molecule has 1 N–H and O–H groups in total. The number of nitrogens with zero attached hydrogens (tertiary/aromatic N) is 2. The Kier molecular flexibility index (Phi) is 3.16. The Morgan fingerprint density at radius 3 is 3.05 bits per heavy atom. The van der Waals surface area contributed by atoms with Gasteiger partial charge < -0.3 is 4.74 Å². The van der Waals surface area contributed by atoms with Crippen LogP contribution in [-0.2, 0) is 17.6 Å². The van der Waals surface area contributed by atoms with Crippen LogP contribution in [0.15, 0.2) is 24.3 Å². The van der Waals surface area contributed by atoms with E-state index in [9.17, 15) is 4.79 Å². The second-order valence-electron chi connectivity index (χ2n) is 4.26. The van der Waals surface area contributed by atoms with Crippen molar-refractivity contribution >= 4 is 22.4 Å². The van der Waals surface area contributed by atoms with Crippen LogP contribution in [0.3, 0.4) is 0 Å². The monoisotopic (exact) mass is 275 g/mol. The van der Waals surface area contributed by atoms with Crippen molar-refractivity contribution in [3.8, 4) is 5.75 Å². The van der Waals surface area contributed by atoms with Crippen LogP contribution in [0, 0.1) is 0 Å². The molecular weight excluding hydrogens is 262 g/mol. The quantitative estimate of drug-likeness (QED) is 0.931. The van der Waals surface area contributed by atoms with Crippen molar-refractivity contribution in [1.29, 1.82) is 0 Å². The molecule has 0 unspecified atom stereocenters. The SMILES string of the molecule is CCc1nnc(NC(=O)[C@@H]2Cc3ccccc3O2)s1. The number of hydrogen-bond acceptors (Lipinski definition) is 5. The maximum Gasteiger partial charge on any atom is 0.267 e. The molecule has 1 atom stereocenters. The van der Waals surface area contributed by atoms with Gasteiger partial charge in [0, 0.05) is 6.42 Å². The lowest BCUT2D eigenvalue weighted by atomic mass is 10.1. The van der Waals surface area contributed by atoms with Crippen LogP contribution in [0.2, 0.25) is 0 Å². The van der Waals surface area contributed by atoms with Crippen molar-refractivity contribution in [2.24, 2.45) is 0 Å². The van der Waals surface area contributed by atoms with E-state index < -0.39 is 6.10 Å². The molecule has 0 radical (unpaired) electrons. The van der Waals surface area contributed by atoms with Crippen LogP contribution >= 0.6 is 11.3 Å². The first-order valence-corrected chi connectivity index (χ1v) is 6.95. The van der Waals surface area contributed by atoms with Crippen LogP contribution in [-0.4, -0.2) is 22.2 Å². The predicted octanol–water partition coefficient (Wildman–Crippen LogP) is 2.04. The summed E-state index contributed by atoms with van der Waals surface area (Å²) >= 11 is 1.39. The lowest BCUT2D eigenvalue weighted by molar-refractivity contribution is -0.122. The molecule has 0 saturated heterocycles. The molecule has 1 aliphatic heterocycles. The second kappa shape index (κ2) is 4.97. The van der Waals surface area contributed by atoms with E-state index in [4.69, 9.17) is 4.74 Å². The van der Waals surface area contributed by atoms with Crippen molar-refractivity contribution in [1.82, 2.24) is 10.2 Å². The molecule has 19 heavy (non-hydrogen) atoms. The summed E-state index contributed by atoms with van der Waals surface area (Å²) in [6, 6.07) is 7.70. The van der Waals surface area contributed by atoms with E-state index in [0.717, 1.165) is 22.7 Å². The van der Waals surface area contributed by atoms with E-state index in [1.165, 1.54) is 11.3 Å². The largest absolute Gasteiger partial charge is 0.480 e. The molecule has 2 heterocycles. The average molecular weight is 275 g/mol. The molecule has 2 aromatic rings. The van der Waals surface area contributed by atoms with Gasteiger partial charge in [0.2, 0.25) is 5.13 Å². The summed E-state index contributed by atoms with van der Waals surface area (Å²) in [5.74, 6) is 0.615. The molecule has 0 bridgehead atoms. The van der Waals surface area contributed by atoms with E-state index >= 15 is 0 Å². The molecule has 1 amide bonds. The number of fused-ring (bicyclic) bond motifs is 1. The summed E-state index contributed by atoms with van der Waals surface area (Å²) in [4.78, 5) is 12.1. The van der Waals surface area contributed by atoms with Crippen LogP contribution in [0.1, 0.15) is 17.5 Å². The van der Waals surface area contributed by atoms with Crippen molar-refractivity contribution in [2.45, 2.75) is 25.9 Å². The number of nitrogens with one attached hydrogen (secondary N) is 1. The normalized spacial score (nSPS) is 16.8. The summed E-state index contributed by atoms with van der Waals surface area (Å²) in [6.45, 7) is 2.00. The fourth-order valence-corrected chi connectivity index (χ4v) is 2.64. The Balaban J connectivity index is 1.66. The predicted molar refractivity (Wildman–Crippen MR) is 72.5 cm³/mol. The van der Waals surface area contributed by atoms with Crippen molar-refractivity contribution in [2.75, 3.05) is 5.32 Å². The Bertz CT molecular complexity index is 586. The van der Waals surface area contributed by atoms with Gasteiger partial charge in [0.1, 0.15) is 10.8 Å². The van der Waals surface area contributed by atoms with E-state index in [1.807, 2.05) is 31.2 Å². The molecule has 3 rings (SSSR count). The molecule has 6 heteroatoms. The fraction of sp³-hybridized carbons (Fsp3) is 0.308. The highest BCUT2D eigenvalue weighted by Crippen LogP contribution is 2.28. The Hall–Kier alpha value is -1.95. The molecule has 0 aliphatic carbocycles. The van der Waals surface area contributed by atoms with Crippen LogP contribution in [0.25, 0.3) is 0 Å². The number of carbonyl (C=O) groups excluding carboxylic acids is 1. The number of para-hydroxylation sites is 1. The summed E-state index contributed by atoms with van der Waals surface area (Å²) in [5, 5.41) is 12.1. The van der Waals surface area contributed by atoms with Crippen molar-refractivity contribution in [3.63, 3.8) is 0 Å². The summed E-state index contributed by atoms with van der Waals surface area (Å²) in [6.07, 6.45) is 0.937. The minimum Gasteiger partial charge on any atom is -0.480 e. The number of amides is 1. The van der Waals surface area contributed by atoms with Gasteiger partial charge in [-0.15, -0.1) is 10.2 Å². The van der Waals surface area contributed by atoms with E-state index in [1.54, 1.807) is 0 Å². The third-order valence-electron chi connectivity index (χ3n) is 2.94. The number of benzene rings is 1. The Morgan fingerprint density at radius 1 is 1.47 bits per heavy atom. The van der Waals surface area contributed by atoms with Crippen molar-refractivity contribution in [3.05, 3.63) is 34.8 Å². The summed E-state index contributed by atoms with van der Waals surface area (Å²) < 4.78 is 5.62. The van der Waals surface area contributed by atoms with Gasteiger partial charge in [0.25, 0.3) is 5.91 Å². The molecule has 1 aromatic carbocycles.